The fourth-order valence-corrected chi connectivity index (χ4v) is 3.01. The third-order valence-corrected chi connectivity index (χ3v) is 4.28. The Kier molecular flexibility index (Phi) is 7.68. The van der Waals surface area contributed by atoms with Crippen molar-refractivity contribution in [3.63, 3.8) is 0 Å². The highest BCUT2D eigenvalue weighted by Gasteiger charge is 2.20. The summed E-state index contributed by atoms with van der Waals surface area (Å²) in [7, 11) is 0. The Morgan fingerprint density at radius 2 is 2.04 bits per heavy atom. The third-order valence-electron chi connectivity index (χ3n) is 3.39. The summed E-state index contributed by atoms with van der Waals surface area (Å²) in [4.78, 5) is 20.9. The lowest BCUT2D eigenvalue weighted by molar-refractivity contribution is 0.00638. The average Bonchev–Trinajstić information content (AvgIpc) is 3.07. The molecular weight excluding hydrogens is 350 g/mol. The summed E-state index contributed by atoms with van der Waals surface area (Å²) in [6.45, 7) is 7.58. The van der Waals surface area contributed by atoms with E-state index < -0.39 is 11.6 Å². The molecular formula is C19H27N3O3S. The zero-order valence-electron chi connectivity index (χ0n) is 15.7. The summed E-state index contributed by atoms with van der Waals surface area (Å²) in [5, 5.41) is 2.52. The number of carbonyl (C=O) groups is 1. The maximum atomic E-state index is 12.1. The smallest absolute Gasteiger partial charge is 0.358 e. The second-order valence-corrected chi connectivity index (χ2v) is 7.79. The lowest BCUT2D eigenvalue weighted by atomic mass is 10.1. The number of nitrogens with two attached hydrogens (primary N) is 1. The van der Waals surface area contributed by atoms with Crippen molar-refractivity contribution in [3.05, 3.63) is 35.1 Å². The van der Waals surface area contributed by atoms with Crippen LogP contribution in [0, 0.1) is 0 Å². The standard InChI is InChI=1S/C19H27N3O3S/c1-19(2,3)25-18(23)16-13-26-17(22-16)14-7-9-21-15(12-14)6-4-10-24-11-5-8-20/h7,9,12-13H,4-6,8,10-11,20H2,1-3H3. The number of nitrogens with zero attached hydrogens (tertiary/aromatic N) is 2. The summed E-state index contributed by atoms with van der Waals surface area (Å²) in [5.41, 5.74) is 7.18. The summed E-state index contributed by atoms with van der Waals surface area (Å²) in [6, 6.07) is 3.91. The van der Waals surface area contributed by atoms with Crippen LogP contribution in [0.4, 0.5) is 0 Å². The van der Waals surface area contributed by atoms with Crippen LogP contribution in [0.1, 0.15) is 49.8 Å². The van der Waals surface area contributed by atoms with Gasteiger partial charge in [0.05, 0.1) is 0 Å². The van der Waals surface area contributed by atoms with Gasteiger partial charge in [0.1, 0.15) is 10.6 Å². The lowest BCUT2D eigenvalue weighted by Crippen LogP contribution is -2.24. The van der Waals surface area contributed by atoms with E-state index >= 15 is 0 Å². The van der Waals surface area contributed by atoms with Crippen LogP contribution < -0.4 is 5.73 Å². The minimum atomic E-state index is -0.531. The fraction of sp³-hybridized carbons (Fsp3) is 0.526. The Hall–Kier alpha value is -1.83. The highest BCUT2D eigenvalue weighted by atomic mass is 32.1. The van der Waals surface area contributed by atoms with Gasteiger partial charge in [-0.1, -0.05) is 0 Å². The molecule has 0 unspecified atom stereocenters. The van der Waals surface area contributed by atoms with Gasteiger partial charge in [-0.2, -0.15) is 0 Å². The monoisotopic (exact) mass is 377 g/mol. The van der Waals surface area contributed by atoms with Gasteiger partial charge in [0.25, 0.3) is 0 Å². The van der Waals surface area contributed by atoms with Crippen molar-refractivity contribution < 1.29 is 14.3 Å². The van der Waals surface area contributed by atoms with Crippen molar-refractivity contribution in [1.82, 2.24) is 9.97 Å². The largest absolute Gasteiger partial charge is 0.455 e. The van der Waals surface area contributed by atoms with Gasteiger partial charge in [-0.3, -0.25) is 4.98 Å². The molecule has 0 bridgehead atoms. The molecule has 6 nitrogen and oxygen atoms in total. The Bertz CT molecular complexity index is 710. The Labute approximate surface area is 158 Å². The first kappa shape index (κ1) is 20.5. The van der Waals surface area contributed by atoms with Crippen LogP contribution in [0.5, 0.6) is 0 Å². The SMILES string of the molecule is CC(C)(C)OC(=O)c1csc(-c2ccnc(CCCOCCCN)c2)n1. The number of pyridine rings is 1. The molecule has 0 aromatic carbocycles. The molecule has 0 spiro atoms. The third kappa shape index (κ3) is 6.82. The van der Waals surface area contributed by atoms with Gasteiger partial charge in [-0.25, -0.2) is 9.78 Å². The highest BCUT2D eigenvalue weighted by molar-refractivity contribution is 7.13. The van der Waals surface area contributed by atoms with Crippen molar-refractivity contribution >= 4 is 17.3 Å². The van der Waals surface area contributed by atoms with E-state index in [0.717, 1.165) is 35.5 Å². The Balaban J connectivity index is 1.94. The van der Waals surface area contributed by atoms with Gasteiger partial charge in [-0.15, -0.1) is 11.3 Å². The van der Waals surface area contributed by atoms with E-state index in [-0.39, 0.29) is 0 Å². The van der Waals surface area contributed by atoms with E-state index in [0.29, 0.717) is 25.5 Å². The van der Waals surface area contributed by atoms with Gasteiger partial charge in [0, 0.05) is 36.0 Å². The van der Waals surface area contributed by atoms with Crippen LogP contribution >= 0.6 is 11.3 Å². The average molecular weight is 378 g/mol. The molecule has 0 amide bonds. The first-order valence-electron chi connectivity index (χ1n) is 8.81. The molecule has 0 atom stereocenters. The van der Waals surface area contributed by atoms with Crippen molar-refractivity contribution in [2.75, 3.05) is 19.8 Å². The highest BCUT2D eigenvalue weighted by Crippen LogP contribution is 2.25. The molecule has 0 saturated carbocycles. The predicted octanol–water partition coefficient (Wildman–Crippen LogP) is 3.46. The van der Waals surface area contributed by atoms with Crippen LogP contribution in [0.25, 0.3) is 10.6 Å². The summed E-state index contributed by atoms with van der Waals surface area (Å²) in [5.74, 6) is -0.399. The molecule has 142 valence electrons. The topological polar surface area (TPSA) is 87.3 Å². The van der Waals surface area contributed by atoms with Crippen molar-refractivity contribution in [3.8, 4) is 10.6 Å². The molecule has 0 fully saturated rings. The van der Waals surface area contributed by atoms with E-state index in [1.54, 1.807) is 11.6 Å². The quantitative estimate of drug-likeness (QED) is 0.532. The van der Waals surface area contributed by atoms with E-state index in [1.807, 2.05) is 32.9 Å². The van der Waals surface area contributed by atoms with Gasteiger partial charge in [0.2, 0.25) is 0 Å². The van der Waals surface area contributed by atoms with E-state index in [1.165, 1.54) is 11.3 Å². The maximum Gasteiger partial charge on any atom is 0.358 e. The molecule has 0 aliphatic heterocycles. The van der Waals surface area contributed by atoms with Crippen LogP contribution in [-0.2, 0) is 15.9 Å². The number of aromatic nitrogens is 2. The van der Waals surface area contributed by atoms with Gasteiger partial charge in [-0.05, 0) is 58.7 Å². The van der Waals surface area contributed by atoms with Crippen molar-refractivity contribution in [2.45, 2.75) is 45.6 Å². The molecule has 0 radical (unpaired) electrons. The number of rotatable bonds is 9. The second kappa shape index (κ2) is 9.75. The summed E-state index contributed by atoms with van der Waals surface area (Å²) >= 11 is 1.43. The number of carbonyl (C=O) groups excluding carboxylic acids is 1. The summed E-state index contributed by atoms with van der Waals surface area (Å²) in [6.07, 6.45) is 4.40. The van der Waals surface area contributed by atoms with Crippen LogP contribution in [0.3, 0.4) is 0 Å². The fourth-order valence-electron chi connectivity index (χ4n) is 2.22. The second-order valence-electron chi connectivity index (χ2n) is 6.93. The van der Waals surface area contributed by atoms with Crippen LogP contribution in [0.2, 0.25) is 0 Å². The molecule has 2 rings (SSSR count). The van der Waals surface area contributed by atoms with Crippen molar-refractivity contribution in [1.29, 1.82) is 0 Å². The molecule has 26 heavy (non-hydrogen) atoms. The van der Waals surface area contributed by atoms with Crippen molar-refractivity contribution in [2.24, 2.45) is 5.73 Å². The predicted molar refractivity (Wildman–Crippen MR) is 103 cm³/mol. The van der Waals surface area contributed by atoms with Crippen LogP contribution in [0.15, 0.2) is 23.7 Å². The number of hydrogen-bond acceptors (Lipinski definition) is 7. The normalized spacial score (nSPS) is 11.5. The molecule has 7 heteroatoms. The molecule has 2 aromatic heterocycles. The van der Waals surface area contributed by atoms with Crippen LogP contribution in [-0.4, -0.2) is 41.3 Å². The minimum Gasteiger partial charge on any atom is -0.455 e. The number of hydrogen-bond donors (Lipinski definition) is 1. The molecule has 0 saturated heterocycles. The first-order chi connectivity index (χ1) is 12.4. The van der Waals surface area contributed by atoms with E-state index in [9.17, 15) is 4.79 Å². The Morgan fingerprint density at radius 3 is 2.77 bits per heavy atom. The van der Waals surface area contributed by atoms with Gasteiger partial charge < -0.3 is 15.2 Å². The number of aryl methyl sites for hydroxylation is 1. The first-order valence-corrected chi connectivity index (χ1v) is 9.69. The maximum absolute atomic E-state index is 12.1. The lowest BCUT2D eigenvalue weighted by Gasteiger charge is -2.18. The number of esters is 1. The van der Waals surface area contributed by atoms with Gasteiger partial charge >= 0.3 is 5.97 Å². The molecule has 2 N–H and O–H groups in total. The van der Waals surface area contributed by atoms with E-state index in [2.05, 4.69) is 9.97 Å². The molecule has 2 heterocycles. The molecule has 2 aromatic rings. The zero-order chi connectivity index (χ0) is 19.0. The van der Waals surface area contributed by atoms with Gasteiger partial charge in [0.15, 0.2) is 5.69 Å². The number of ether oxygens (including phenoxy) is 2. The number of thiazole rings is 1. The minimum absolute atomic E-state index is 0.339. The Morgan fingerprint density at radius 1 is 1.27 bits per heavy atom. The summed E-state index contributed by atoms with van der Waals surface area (Å²) < 4.78 is 10.9. The molecule has 0 aliphatic carbocycles. The molecule has 0 aliphatic rings. The van der Waals surface area contributed by atoms with E-state index in [4.69, 9.17) is 15.2 Å². The zero-order valence-corrected chi connectivity index (χ0v) is 16.5.